The van der Waals surface area contributed by atoms with Gasteiger partial charge in [-0.15, -0.1) is 0 Å². The van der Waals surface area contributed by atoms with E-state index in [-0.39, 0.29) is 10.6 Å². The molecule has 0 aliphatic heterocycles. The largest absolute Gasteiger partial charge is 0.293 e. The molecule has 0 aromatic heterocycles. The summed E-state index contributed by atoms with van der Waals surface area (Å²) in [6.07, 6.45) is 0. The van der Waals surface area contributed by atoms with E-state index in [0.717, 1.165) is 9.13 Å². The smallest absolute Gasteiger partial charge is 0.271 e. The summed E-state index contributed by atoms with van der Waals surface area (Å²) in [5, 5.41) is 15.6. The molecular weight excluding hydrogens is 559 g/mol. The second kappa shape index (κ2) is 10.5. The zero-order chi connectivity index (χ0) is 24.0. The number of para-hydroxylation sites is 2. The van der Waals surface area contributed by atoms with Crippen LogP contribution in [0.2, 0.25) is 0 Å². The molecule has 3 aromatic carbocycles. The van der Waals surface area contributed by atoms with Gasteiger partial charge in [-0.25, -0.2) is 18.1 Å². The molecule has 3 aromatic rings. The van der Waals surface area contributed by atoms with Gasteiger partial charge < -0.3 is 0 Å². The maximum atomic E-state index is 13.3. The minimum Gasteiger partial charge on any atom is -0.271 e. The Labute approximate surface area is 204 Å². The number of nitro benzene ring substituents is 1. The monoisotopic (exact) mass is 578 g/mol. The van der Waals surface area contributed by atoms with E-state index < -0.39 is 33.1 Å². The molecule has 0 heterocycles. The van der Waals surface area contributed by atoms with Gasteiger partial charge in [0.15, 0.2) is 0 Å². The second-order valence-electron chi connectivity index (χ2n) is 6.81. The van der Waals surface area contributed by atoms with Gasteiger partial charge in [-0.2, -0.15) is 5.10 Å². The van der Waals surface area contributed by atoms with Crippen molar-refractivity contribution in [1.82, 2.24) is 5.43 Å². The van der Waals surface area contributed by atoms with Crippen LogP contribution in [0.1, 0.15) is 12.5 Å². The predicted molar refractivity (Wildman–Crippen MR) is 134 cm³/mol. The lowest BCUT2D eigenvalue weighted by atomic mass is 10.1. The summed E-state index contributed by atoms with van der Waals surface area (Å²) in [5.74, 6) is -0.752. The van der Waals surface area contributed by atoms with Crippen LogP contribution in [0.4, 0.5) is 11.4 Å². The summed E-state index contributed by atoms with van der Waals surface area (Å²) in [6, 6.07) is 20.2. The number of hydrogen-bond acceptors (Lipinski definition) is 6. The zero-order valence-electron chi connectivity index (χ0n) is 17.4. The molecule has 0 aliphatic rings. The van der Waals surface area contributed by atoms with Gasteiger partial charge in [-0.1, -0.05) is 42.5 Å². The predicted octanol–water partition coefficient (Wildman–Crippen LogP) is 3.94. The van der Waals surface area contributed by atoms with Crippen molar-refractivity contribution in [3.63, 3.8) is 0 Å². The van der Waals surface area contributed by atoms with Crippen LogP contribution in [0.3, 0.4) is 0 Å². The second-order valence-corrected chi connectivity index (χ2v) is 9.92. The van der Waals surface area contributed by atoms with Crippen LogP contribution in [-0.4, -0.2) is 31.5 Å². The molecule has 11 heteroatoms. The fourth-order valence-corrected chi connectivity index (χ4v) is 4.94. The van der Waals surface area contributed by atoms with Crippen LogP contribution in [-0.2, 0) is 14.8 Å². The molecule has 0 saturated carbocycles. The molecule has 1 N–H and O–H groups in total. The van der Waals surface area contributed by atoms with Crippen molar-refractivity contribution in [3.8, 4) is 0 Å². The third kappa shape index (κ3) is 5.93. The highest BCUT2D eigenvalue weighted by molar-refractivity contribution is 14.1. The Bertz CT molecular complexity index is 1310. The van der Waals surface area contributed by atoms with E-state index in [1.54, 1.807) is 13.0 Å². The molecule has 1 amide bonds. The van der Waals surface area contributed by atoms with Crippen LogP contribution in [0, 0.1) is 13.7 Å². The fraction of sp³-hybridized carbons (Fsp3) is 0.0909. The number of amides is 1. The third-order valence-electron chi connectivity index (χ3n) is 4.56. The van der Waals surface area contributed by atoms with Gasteiger partial charge in [-0.05, 0) is 65.4 Å². The average molecular weight is 578 g/mol. The molecule has 0 spiro atoms. The van der Waals surface area contributed by atoms with Crippen molar-refractivity contribution in [2.24, 2.45) is 5.10 Å². The summed E-state index contributed by atoms with van der Waals surface area (Å²) >= 11 is 2.15. The third-order valence-corrected chi connectivity index (χ3v) is 7.00. The zero-order valence-corrected chi connectivity index (χ0v) is 20.4. The lowest BCUT2D eigenvalue weighted by molar-refractivity contribution is -0.384. The first-order valence-electron chi connectivity index (χ1n) is 9.60. The highest BCUT2D eigenvalue weighted by Gasteiger charge is 2.31. The maximum absolute atomic E-state index is 13.3. The van der Waals surface area contributed by atoms with Gasteiger partial charge >= 0.3 is 0 Å². The quantitative estimate of drug-likeness (QED) is 0.188. The van der Waals surface area contributed by atoms with E-state index in [4.69, 9.17) is 0 Å². The Morgan fingerprint density at radius 1 is 1.06 bits per heavy atom. The van der Waals surface area contributed by atoms with E-state index in [2.05, 4.69) is 33.1 Å². The van der Waals surface area contributed by atoms with Crippen molar-refractivity contribution in [2.75, 3.05) is 10.8 Å². The Morgan fingerprint density at radius 3 is 2.39 bits per heavy atom. The average Bonchev–Trinajstić information content (AvgIpc) is 2.81. The topological polar surface area (TPSA) is 122 Å². The normalized spacial score (nSPS) is 11.6. The van der Waals surface area contributed by atoms with E-state index in [0.29, 0.717) is 10.0 Å². The lowest BCUT2D eigenvalue weighted by Crippen LogP contribution is -2.40. The molecule has 0 bridgehead atoms. The number of carbonyl (C=O) groups excluding carboxylic acids is 1. The van der Waals surface area contributed by atoms with Crippen LogP contribution in [0.25, 0.3) is 0 Å². The van der Waals surface area contributed by atoms with Crippen molar-refractivity contribution in [1.29, 1.82) is 0 Å². The van der Waals surface area contributed by atoms with Crippen LogP contribution >= 0.6 is 22.6 Å². The van der Waals surface area contributed by atoms with Gasteiger partial charge in [0.25, 0.3) is 21.6 Å². The first-order chi connectivity index (χ1) is 15.7. The molecule has 33 heavy (non-hydrogen) atoms. The van der Waals surface area contributed by atoms with Crippen LogP contribution in [0.5, 0.6) is 0 Å². The van der Waals surface area contributed by atoms with Crippen molar-refractivity contribution >= 4 is 55.6 Å². The molecule has 0 saturated heterocycles. The van der Waals surface area contributed by atoms with Gasteiger partial charge in [0.2, 0.25) is 0 Å². The number of nitro groups is 1. The number of rotatable bonds is 8. The van der Waals surface area contributed by atoms with Gasteiger partial charge in [0, 0.05) is 9.64 Å². The van der Waals surface area contributed by atoms with Crippen molar-refractivity contribution in [2.45, 2.75) is 11.8 Å². The molecule has 0 radical (unpaired) electrons. The van der Waals surface area contributed by atoms with E-state index in [1.165, 1.54) is 48.5 Å². The molecule has 0 fully saturated rings. The molecule has 9 nitrogen and oxygen atoms in total. The Balaban J connectivity index is 1.95. The molecule has 0 unspecified atom stereocenters. The summed E-state index contributed by atoms with van der Waals surface area (Å²) in [7, 11) is -4.28. The van der Waals surface area contributed by atoms with Crippen LogP contribution < -0.4 is 9.73 Å². The number of halogens is 1. The van der Waals surface area contributed by atoms with Gasteiger partial charge in [-0.3, -0.25) is 14.9 Å². The van der Waals surface area contributed by atoms with E-state index >= 15 is 0 Å². The van der Waals surface area contributed by atoms with E-state index in [1.807, 2.05) is 24.3 Å². The summed E-state index contributed by atoms with van der Waals surface area (Å²) < 4.78 is 28.4. The molecular formula is C22H19IN4O5S. The number of nitrogens with zero attached hydrogens (tertiary/aromatic N) is 3. The SMILES string of the molecule is C/C(=N/NC(=O)CN(c1ccccc1[N+](=O)[O-])S(=O)(=O)c1ccccc1)c1cccc(I)c1. The number of hydrazone groups is 1. The number of hydrogen-bond donors (Lipinski definition) is 1. The Hall–Kier alpha value is -3.32. The number of benzene rings is 3. The number of nitrogens with one attached hydrogen (secondary N) is 1. The van der Waals surface area contributed by atoms with Crippen LogP contribution in [0.15, 0.2) is 88.9 Å². The molecule has 0 atom stereocenters. The first-order valence-corrected chi connectivity index (χ1v) is 12.1. The number of carbonyl (C=O) groups is 1. The summed E-state index contributed by atoms with van der Waals surface area (Å²) in [4.78, 5) is 23.4. The Morgan fingerprint density at radius 2 is 1.73 bits per heavy atom. The molecule has 0 aliphatic carbocycles. The summed E-state index contributed by atoms with van der Waals surface area (Å²) in [6.45, 7) is 0.997. The minimum absolute atomic E-state index is 0.102. The van der Waals surface area contributed by atoms with E-state index in [9.17, 15) is 23.3 Å². The highest BCUT2D eigenvalue weighted by Crippen LogP contribution is 2.31. The minimum atomic E-state index is -4.28. The number of sulfonamides is 1. The standard InChI is InChI=1S/C22H19IN4O5S/c1-16(17-8-7-9-18(23)14-17)24-25-22(28)15-26(20-12-5-6-13-21(20)27(29)30)33(31,32)19-10-3-2-4-11-19/h2-14H,15H2,1H3,(H,25,28)/b24-16-. The highest BCUT2D eigenvalue weighted by atomic mass is 127. The Kier molecular flexibility index (Phi) is 7.76. The van der Waals surface area contributed by atoms with Crippen molar-refractivity contribution in [3.05, 3.63) is 98.1 Å². The first kappa shape index (κ1) is 24.3. The van der Waals surface area contributed by atoms with Gasteiger partial charge in [0.1, 0.15) is 12.2 Å². The number of anilines is 1. The fourth-order valence-electron chi connectivity index (χ4n) is 2.94. The van der Waals surface area contributed by atoms with Crippen molar-refractivity contribution < 1.29 is 18.1 Å². The lowest BCUT2D eigenvalue weighted by Gasteiger charge is -2.23. The summed E-state index contributed by atoms with van der Waals surface area (Å²) in [5.41, 5.74) is 2.99. The van der Waals surface area contributed by atoms with Gasteiger partial charge in [0.05, 0.1) is 15.5 Å². The molecule has 3 rings (SSSR count). The molecule has 170 valence electrons. The maximum Gasteiger partial charge on any atom is 0.293 e.